The van der Waals surface area contributed by atoms with Crippen LogP contribution in [0.4, 0.5) is 4.39 Å². The van der Waals surface area contributed by atoms with Gasteiger partial charge in [-0.2, -0.15) is 0 Å². The Morgan fingerprint density at radius 1 is 1.50 bits per heavy atom. The first-order chi connectivity index (χ1) is 5.70. The molecule has 1 aromatic carbocycles. The molecule has 2 N–H and O–H groups in total. The fourth-order valence-corrected chi connectivity index (χ4v) is 2.36. The molecular formula is C9H9BrFN. The largest absolute Gasteiger partial charge is 0.324 e. The maximum absolute atomic E-state index is 13.0. The van der Waals surface area contributed by atoms with Crippen molar-refractivity contribution in [3.63, 3.8) is 0 Å². The normalized spacial score (nSPS) is 21.1. The summed E-state index contributed by atoms with van der Waals surface area (Å²) < 4.78 is 13.6. The van der Waals surface area contributed by atoms with Crippen LogP contribution in [0.1, 0.15) is 23.6 Å². The first-order valence-electron chi connectivity index (χ1n) is 3.92. The highest BCUT2D eigenvalue weighted by Gasteiger charge is 2.23. The summed E-state index contributed by atoms with van der Waals surface area (Å²) in [6, 6.07) is 3.31. The van der Waals surface area contributed by atoms with Gasteiger partial charge in [-0.15, -0.1) is 0 Å². The molecule has 12 heavy (non-hydrogen) atoms. The topological polar surface area (TPSA) is 26.0 Å². The zero-order valence-corrected chi connectivity index (χ0v) is 8.07. The Hall–Kier alpha value is -0.410. The number of hydrogen-bond acceptors (Lipinski definition) is 1. The molecule has 2 rings (SSSR count). The van der Waals surface area contributed by atoms with E-state index in [0.717, 1.165) is 18.4 Å². The van der Waals surface area contributed by atoms with Crippen LogP contribution in [-0.4, -0.2) is 0 Å². The highest BCUT2D eigenvalue weighted by Crippen LogP contribution is 2.36. The lowest BCUT2D eigenvalue weighted by molar-refractivity contribution is 0.614. The van der Waals surface area contributed by atoms with Gasteiger partial charge in [-0.1, -0.05) is 6.07 Å². The molecular weight excluding hydrogens is 221 g/mol. The second-order valence-electron chi connectivity index (χ2n) is 3.08. The van der Waals surface area contributed by atoms with E-state index in [4.69, 9.17) is 5.73 Å². The number of halogens is 2. The van der Waals surface area contributed by atoms with E-state index < -0.39 is 0 Å². The molecule has 1 nitrogen and oxygen atoms in total. The van der Waals surface area contributed by atoms with Crippen LogP contribution in [0, 0.1) is 5.82 Å². The quantitative estimate of drug-likeness (QED) is 0.728. The molecule has 1 aliphatic carbocycles. The van der Waals surface area contributed by atoms with Crippen LogP contribution in [0.2, 0.25) is 0 Å². The van der Waals surface area contributed by atoms with Gasteiger partial charge in [0, 0.05) is 6.04 Å². The van der Waals surface area contributed by atoms with Gasteiger partial charge in [0.25, 0.3) is 0 Å². The molecule has 0 saturated carbocycles. The molecule has 0 aromatic heterocycles. The third-order valence-electron chi connectivity index (χ3n) is 2.32. The summed E-state index contributed by atoms with van der Waals surface area (Å²) in [4.78, 5) is 0. The van der Waals surface area contributed by atoms with Crippen LogP contribution in [-0.2, 0) is 6.42 Å². The summed E-state index contributed by atoms with van der Waals surface area (Å²) in [6.45, 7) is 0. The fourth-order valence-electron chi connectivity index (χ4n) is 1.68. The van der Waals surface area contributed by atoms with E-state index in [9.17, 15) is 4.39 Å². The minimum atomic E-state index is -0.217. The van der Waals surface area contributed by atoms with E-state index in [1.54, 1.807) is 0 Å². The van der Waals surface area contributed by atoms with E-state index in [1.807, 2.05) is 6.07 Å². The van der Waals surface area contributed by atoms with Crippen LogP contribution in [0.25, 0.3) is 0 Å². The van der Waals surface area contributed by atoms with Crippen molar-refractivity contribution in [2.24, 2.45) is 5.73 Å². The second kappa shape index (κ2) is 2.82. The Morgan fingerprint density at radius 3 is 3.00 bits per heavy atom. The van der Waals surface area contributed by atoms with Crippen molar-refractivity contribution < 1.29 is 4.39 Å². The van der Waals surface area contributed by atoms with Crippen molar-refractivity contribution in [1.29, 1.82) is 0 Å². The first kappa shape index (κ1) is 8.20. The Bertz CT molecular complexity index is 325. The Balaban J connectivity index is 2.63. The molecule has 1 aromatic rings. The third kappa shape index (κ3) is 1.08. The van der Waals surface area contributed by atoms with Gasteiger partial charge in [-0.3, -0.25) is 0 Å². The molecule has 0 saturated heterocycles. The van der Waals surface area contributed by atoms with Gasteiger partial charge in [-0.25, -0.2) is 4.39 Å². The molecule has 3 heteroatoms. The van der Waals surface area contributed by atoms with Crippen molar-refractivity contribution in [3.05, 3.63) is 33.5 Å². The van der Waals surface area contributed by atoms with E-state index in [-0.39, 0.29) is 11.9 Å². The van der Waals surface area contributed by atoms with Crippen molar-refractivity contribution in [2.75, 3.05) is 0 Å². The Morgan fingerprint density at radius 2 is 2.25 bits per heavy atom. The van der Waals surface area contributed by atoms with Gasteiger partial charge in [0.2, 0.25) is 0 Å². The zero-order chi connectivity index (χ0) is 8.72. The van der Waals surface area contributed by atoms with Gasteiger partial charge >= 0.3 is 0 Å². The summed E-state index contributed by atoms with van der Waals surface area (Å²) in [6.07, 6.45) is 1.90. The highest BCUT2D eigenvalue weighted by atomic mass is 79.9. The summed E-state index contributed by atoms with van der Waals surface area (Å²) in [5, 5.41) is 0. The van der Waals surface area contributed by atoms with Gasteiger partial charge < -0.3 is 5.73 Å². The lowest BCUT2D eigenvalue weighted by atomic mass is 10.1. The van der Waals surface area contributed by atoms with Crippen LogP contribution in [0.15, 0.2) is 16.6 Å². The van der Waals surface area contributed by atoms with E-state index in [0.29, 0.717) is 4.47 Å². The lowest BCUT2D eigenvalue weighted by Crippen LogP contribution is -2.06. The minimum Gasteiger partial charge on any atom is -0.324 e. The number of benzene rings is 1. The minimum absolute atomic E-state index is 0.00470. The predicted octanol–water partition coefficient (Wildman–Crippen LogP) is 2.53. The van der Waals surface area contributed by atoms with E-state index in [1.165, 1.54) is 11.6 Å². The average molecular weight is 230 g/mol. The van der Waals surface area contributed by atoms with Gasteiger partial charge in [0.05, 0.1) is 4.47 Å². The standard InChI is InChI=1S/C9H9BrFN/c10-9-6(11)3-1-5-2-4-7(12)8(5)9/h1,3,7H,2,4,12H2/t7-/m0/s1. The molecule has 1 atom stereocenters. The molecule has 0 radical (unpaired) electrons. The number of nitrogens with two attached hydrogens (primary N) is 1. The number of hydrogen-bond donors (Lipinski definition) is 1. The van der Waals surface area contributed by atoms with Gasteiger partial charge in [0.15, 0.2) is 0 Å². The Kier molecular flexibility index (Phi) is 1.93. The summed E-state index contributed by atoms with van der Waals surface area (Å²) >= 11 is 3.22. The number of fused-ring (bicyclic) bond motifs is 1. The predicted molar refractivity (Wildman–Crippen MR) is 49.3 cm³/mol. The van der Waals surface area contributed by atoms with E-state index in [2.05, 4.69) is 15.9 Å². The zero-order valence-electron chi connectivity index (χ0n) is 6.48. The molecule has 0 heterocycles. The second-order valence-corrected chi connectivity index (χ2v) is 3.87. The SMILES string of the molecule is N[C@H]1CCc2ccc(F)c(Br)c21. The summed E-state index contributed by atoms with van der Waals surface area (Å²) in [5.41, 5.74) is 7.95. The lowest BCUT2D eigenvalue weighted by Gasteiger charge is -2.07. The van der Waals surface area contributed by atoms with Crippen LogP contribution in [0.5, 0.6) is 0 Å². The number of rotatable bonds is 0. The maximum atomic E-state index is 13.0. The highest BCUT2D eigenvalue weighted by molar-refractivity contribution is 9.10. The third-order valence-corrected chi connectivity index (χ3v) is 3.12. The maximum Gasteiger partial charge on any atom is 0.137 e. The molecule has 0 bridgehead atoms. The molecule has 64 valence electrons. The Labute approximate surface area is 78.9 Å². The van der Waals surface area contributed by atoms with Crippen molar-refractivity contribution in [3.8, 4) is 0 Å². The van der Waals surface area contributed by atoms with Crippen molar-refractivity contribution in [2.45, 2.75) is 18.9 Å². The summed E-state index contributed by atoms with van der Waals surface area (Å²) in [5.74, 6) is -0.217. The molecule has 0 fully saturated rings. The molecule has 0 spiro atoms. The van der Waals surface area contributed by atoms with Gasteiger partial charge in [-0.05, 0) is 46.0 Å². The van der Waals surface area contributed by atoms with Crippen molar-refractivity contribution in [1.82, 2.24) is 0 Å². The molecule has 0 amide bonds. The van der Waals surface area contributed by atoms with Crippen molar-refractivity contribution >= 4 is 15.9 Å². The van der Waals surface area contributed by atoms with Crippen LogP contribution in [0.3, 0.4) is 0 Å². The molecule has 0 unspecified atom stereocenters. The smallest absolute Gasteiger partial charge is 0.137 e. The van der Waals surface area contributed by atoms with Crippen LogP contribution < -0.4 is 5.73 Å². The average Bonchev–Trinajstić information content (AvgIpc) is 2.41. The first-order valence-corrected chi connectivity index (χ1v) is 4.72. The molecule has 0 aliphatic heterocycles. The van der Waals surface area contributed by atoms with E-state index >= 15 is 0 Å². The monoisotopic (exact) mass is 229 g/mol. The molecule has 1 aliphatic rings. The fraction of sp³-hybridized carbons (Fsp3) is 0.333. The summed E-state index contributed by atoms with van der Waals surface area (Å²) in [7, 11) is 0. The van der Waals surface area contributed by atoms with Crippen LogP contribution >= 0.6 is 15.9 Å². The number of aryl methyl sites for hydroxylation is 1. The van der Waals surface area contributed by atoms with Gasteiger partial charge in [0.1, 0.15) is 5.82 Å².